The summed E-state index contributed by atoms with van der Waals surface area (Å²) in [5, 5.41) is 5.31. The van der Waals surface area contributed by atoms with Crippen LogP contribution >= 0.6 is 22.9 Å². The van der Waals surface area contributed by atoms with Crippen LogP contribution in [0.1, 0.15) is 15.2 Å². The van der Waals surface area contributed by atoms with Gasteiger partial charge in [0.05, 0.1) is 4.88 Å². The van der Waals surface area contributed by atoms with Crippen molar-refractivity contribution in [2.24, 2.45) is 0 Å². The second-order valence-corrected chi connectivity index (χ2v) is 6.94. The van der Waals surface area contributed by atoms with Crippen molar-refractivity contribution in [3.63, 3.8) is 0 Å². The minimum Gasteiger partial charge on any atom is -0.489 e. The number of benzene rings is 2. The molecule has 0 spiro atoms. The lowest BCUT2D eigenvalue weighted by molar-refractivity contribution is 0.103. The van der Waals surface area contributed by atoms with Crippen molar-refractivity contribution in [1.29, 1.82) is 0 Å². The maximum atomic E-state index is 12.3. The zero-order valence-electron chi connectivity index (χ0n) is 13.5. The summed E-state index contributed by atoms with van der Waals surface area (Å²) in [5.41, 5.74) is 1.58. The maximum absolute atomic E-state index is 12.3. The van der Waals surface area contributed by atoms with Gasteiger partial charge in [-0.15, -0.1) is 11.3 Å². The van der Waals surface area contributed by atoms with Crippen molar-refractivity contribution in [1.82, 2.24) is 0 Å². The predicted molar refractivity (Wildman–Crippen MR) is 101 cm³/mol. The van der Waals surface area contributed by atoms with E-state index in [4.69, 9.17) is 25.8 Å². The van der Waals surface area contributed by atoms with E-state index in [0.717, 1.165) is 5.56 Å². The van der Waals surface area contributed by atoms with E-state index in [-0.39, 0.29) is 12.7 Å². The van der Waals surface area contributed by atoms with Gasteiger partial charge < -0.3 is 19.5 Å². The van der Waals surface area contributed by atoms with Gasteiger partial charge in [-0.05, 0) is 41.8 Å². The Balaban J connectivity index is 1.37. The Bertz CT molecular complexity index is 956. The maximum Gasteiger partial charge on any atom is 0.265 e. The molecule has 1 amide bonds. The third-order valence-corrected chi connectivity index (χ3v) is 4.92. The molecule has 7 heteroatoms. The van der Waals surface area contributed by atoms with Gasteiger partial charge in [0.2, 0.25) is 6.79 Å². The van der Waals surface area contributed by atoms with Crippen LogP contribution in [0, 0.1) is 0 Å². The Hall–Kier alpha value is -2.70. The third kappa shape index (κ3) is 3.76. The predicted octanol–water partition coefficient (Wildman–Crippen LogP) is 4.96. The Morgan fingerprint density at radius 1 is 1.15 bits per heavy atom. The molecule has 1 aliphatic rings. The summed E-state index contributed by atoms with van der Waals surface area (Å²) >= 11 is 7.30. The molecule has 5 nitrogen and oxygen atoms in total. The van der Waals surface area contributed by atoms with Gasteiger partial charge in [0.1, 0.15) is 12.4 Å². The zero-order valence-corrected chi connectivity index (χ0v) is 15.1. The molecule has 0 aliphatic carbocycles. The first-order valence-corrected chi connectivity index (χ1v) is 9.10. The van der Waals surface area contributed by atoms with Gasteiger partial charge in [-0.1, -0.05) is 17.7 Å². The summed E-state index contributed by atoms with van der Waals surface area (Å²) in [5.74, 6) is 1.90. The molecule has 2 aromatic carbocycles. The molecule has 4 rings (SSSR count). The normalized spacial score (nSPS) is 12.0. The minimum absolute atomic E-state index is 0.174. The number of hydrogen-bond acceptors (Lipinski definition) is 5. The van der Waals surface area contributed by atoms with Crippen molar-refractivity contribution < 1.29 is 19.0 Å². The fourth-order valence-electron chi connectivity index (χ4n) is 2.46. The van der Waals surface area contributed by atoms with Crippen LogP contribution in [0.5, 0.6) is 17.2 Å². The fourth-order valence-corrected chi connectivity index (χ4v) is 3.44. The Morgan fingerprint density at radius 2 is 2.04 bits per heavy atom. The van der Waals surface area contributed by atoms with Crippen LogP contribution < -0.4 is 19.5 Å². The van der Waals surface area contributed by atoms with Crippen molar-refractivity contribution in [2.75, 3.05) is 12.1 Å². The van der Waals surface area contributed by atoms with Crippen LogP contribution in [0.3, 0.4) is 0 Å². The number of carbonyl (C=O) groups is 1. The fraction of sp³-hybridized carbons (Fsp3) is 0.105. The molecule has 0 fully saturated rings. The highest BCUT2D eigenvalue weighted by atomic mass is 35.5. The van der Waals surface area contributed by atoms with Crippen LogP contribution in [0.4, 0.5) is 5.69 Å². The first kappa shape index (κ1) is 16.8. The number of fused-ring (bicyclic) bond motifs is 1. The van der Waals surface area contributed by atoms with Gasteiger partial charge in [-0.2, -0.15) is 0 Å². The molecule has 26 heavy (non-hydrogen) atoms. The number of carbonyl (C=O) groups excluding carboxylic acids is 1. The molecular formula is C19H14ClNO4S. The highest BCUT2D eigenvalue weighted by Gasteiger charge is 2.14. The molecule has 1 aromatic heterocycles. The molecule has 0 saturated carbocycles. The van der Waals surface area contributed by atoms with Crippen LogP contribution in [0.2, 0.25) is 5.02 Å². The first-order chi connectivity index (χ1) is 12.7. The Kier molecular flexibility index (Phi) is 4.69. The number of hydrogen-bond donors (Lipinski definition) is 1. The SMILES string of the molecule is O=C(Nc1cccc(Cl)c1)c1cc(COc2ccc3c(c2)OCO3)cs1. The van der Waals surface area contributed by atoms with E-state index in [9.17, 15) is 4.79 Å². The molecular weight excluding hydrogens is 374 g/mol. The van der Waals surface area contributed by atoms with Gasteiger partial charge in [0.15, 0.2) is 11.5 Å². The summed E-state index contributed by atoms with van der Waals surface area (Å²) in [4.78, 5) is 12.9. The van der Waals surface area contributed by atoms with Gasteiger partial charge in [0, 0.05) is 22.3 Å². The first-order valence-electron chi connectivity index (χ1n) is 7.84. The summed E-state index contributed by atoms with van der Waals surface area (Å²) in [7, 11) is 0. The summed E-state index contributed by atoms with van der Waals surface area (Å²) in [6, 6.07) is 14.3. The zero-order chi connectivity index (χ0) is 17.9. The second kappa shape index (κ2) is 7.27. The van der Waals surface area contributed by atoms with E-state index in [1.54, 1.807) is 30.3 Å². The highest BCUT2D eigenvalue weighted by molar-refractivity contribution is 7.12. The largest absolute Gasteiger partial charge is 0.489 e. The van der Waals surface area contributed by atoms with Gasteiger partial charge in [-0.25, -0.2) is 0 Å². The highest BCUT2D eigenvalue weighted by Crippen LogP contribution is 2.35. The molecule has 132 valence electrons. The standard InChI is InChI=1S/C19H14ClNO4S/c20-13-2-1-3-14(7-13)21-19(22)18-6-12(10-26-18)9-23-15-4-5-16-17(8-15)25-11-24-16/h1-8,10H,9,11H2,(H,21,22). The number of nitrogens with one attached hydrogen (secondary N) is 1. The van der Waals surface area contributed by atoms with Crippen molar-refractivity contribution in [3.8, 4) is 17.2 Å². The number of ether oxygens (including phenoxy) is 3. The minimum atomic E-state index is -0.174. The molecule has 3 aromatic rings. The smallest absolute Gasteiger partial charge is 0.265 e. The van der Waals surface area contributed by atoms with Gasteiger partial charge >= 0.3 is 0 Å². The van der Waals surface area contributed by atoms with Gasteiger partial charge in [0.25, 0.3) is 5.91 Å². The van der Waals surface area contributed by atoms with E-state index in [1.165, 1.54) is 11.3 Å². The summed E-state index contributed by atoms with van der Waals surface area (Å²) in [6.07, 6.45) is 0. The molecule has 0 radical (unpaired) electrons. The van der Waals surface area contributed by atoms with E-state index in [1.807, 2.05) is 23.6 Å². The average Bonchev–Trinajstić information content (AvgIpc) is 3.29. The van der Waals surface area contributed by atoms with Crippen molar-refractivity contribution in [3.05, 3.63) is 69.4 Å². The van der Waals surface area contributed by atoms with E-state index >= 15 is 0 Å². The van der Waals surface area contributed by atoms with Crippen molar-refractivity contribution in [2.45, 2.75) is 6.61 Å². The molecule has 1 aliphatic heterocycles. The quantitative estimate of drug-likeness (QED) is 0.672. The van der Waals surface area contributed by atoms with Crippen LogP contribution in [0.25, 0.3) is 0 Å². The van der Waals surface area contributed by atoms with Crippen LogP contribution in [-0.2, 0) is 6.61 Å². The molecule has 1 N–H and O–H groups in total. The van der Waals surface area contributed by atoms with Crippen molar-refractivity contribution >= 4 is 34.5 Å². The number of rotatable bonds is 5. The Labute approximate surface area is 159 Å². The lowest BCUT2D eigenvalue weighted by atomic mass is 10.3. The van der Waals surface area contributed by atoms with Crippen LogP contribution in [-0.4, -0.2) is 12.7 Å². The van der Waals surface area contributed by atoms with E-state index < -0.39 is 0 Å². The Morgan fingerprint density at radius 3 is 2.92 bits per heavy atom. The lowest BCUT2D eigenvalue weighted by Gasteiger charge is -2.05. The molecule has 0 bridgehead atoms. The number of thiophene rings is 1. The van der Waals surface area contributed by atoms with Crippen LogP contribution in [0.15, 0.2) is 53.9 Å². The molecule has 0 unspecified atom stereocenters. The summed E-state index contributed by atoms with van der Waals surface area (Å²) in [6.45, 7) is 0.592. The number of halogens is 1. The molecule has 2 heterocycles. The topological polar surface area (TPSA) is 56.8 Å². The summed E-state index contributed by atoms with van der Waals surface area (Å²) < 4.78 is 16.4. The van der Waals surface area contributed by atoms with E-state index in [0.29, 0.717) is 39.4 Å². The third-order valence-electron chi connectivity index (χ3n) is 3.71. The number of amides is 1. The average molecular weight is 388 g/mol. The van der Waals surface area contributed by atoms with Gasteiger partial charge in [-0.3, -0.25) is 4.79 Å². The lowest BCUT2D eigenvalue weighted by Crippen LogP contribution is -2.10. The van der Waals surface area contributed by atoms with E-state index in [2.05, 4.69) is 5.32 Å². The number of anilines is 1. The second-order valence-electron chi connectivity index (χ2n) is 5.59. The molecule has 0 atom stereocenters. The monoisotopic (exact) mass is 387 g/mol. The molecule has 0 saturated heterocycles.